The third-order valence-corrected chi connectivity index (χ3v) is 11.1. The number of phenolic OH excluding ortho intramolecular Hbond substituents is 2. The number of ether oxygens (including phenoxy) is 2. The molecule has 0 aromatic heterocycles. The first-order valence-corrected chi connectivity index (χ1v) is 19.8. The summed E-state index contributed by atoms with van der Waals surface area (Å²) < 4.78 is 11.1. The standard InChI is InChI=1S/C31H48O2S2.C12H24O2.Y/c1-27(2,3)21-15-19(16-22(25(21)32)28(4,5)6)34-31(13,14)35-20-17-23(29(7,8)9)26(33)24(18-20)30(10,11)12;1-11(2,3)8-6-7-10-9-13-12(4,5)14-10;/h15-18,32-33H,1-14H3;10H,6-9H2,1-5H3;/t;10-;/m.0./s1. The molecular weight excluding hydrogens is 734 g/mol. The maximum Gasteiger partial charge on any atom is 0.163 e. The van der Waals surface area contributed by atoms with Crippen LogP contribution in [0.5, 0.6) is 11.5 Å². The van der Waals surface area contributed by atoms with Crippen LogP contribution in [0, 0.1) is 5.41 Å². The molecule has 2 aromatic rings. The summed E-state index contributed by atoms with van der Waals surface area (Å²) in [7, 11) is 0. The Kier molecular flexibility index (Phi) is 16.3. The van der Waals surface area contributed by atoms with Gasteiger partial charge in [-0.25, -0.2) is 0 Å². The van der Waals surface area contributed by atoms with E-state index in [0.717, 1.165) is 35.3 Å². The minimum Gasteiger partial charge on any atom is -0.507 e. The van der Waals surface area contributed by atoms with E-state index in [2.05, 4.69) is 142 Å². The van der Waals surface area contributed by atoms with Gasteiger partial charge in [0.15, 0.2) is 5.79 Å². The average Bonchev–Trinajstić information content (AvgIpc) is 3.20. The molecule has 0 aliphatic carbocycles. The van der Waals surface area contributed by atoms with Gasteiger partial charge in [-0.15, -0.1) is 23.5 Å². The summed E-state index contributed by atoms with van der Waals surface area (Å²) in [5.74, 6) is 0.484. The predicted molar refractivity (Wildman–Crippen MR) is 215 cm³/mol. The van der Waals surface area contributed by atoms with Crippen molar-refractivity contribution in [2.45, 2.75) is 198 Å². The first-order chi connectivity index (χ1) is 21.7. The quantitative estimate of drug-likeness (QED) is 0.215. The Hall–Kier alpha value is -0.236. The fraction of sp³-hybridized carbons (Fsp3) is 0.721. The first kappa shape index (κ1) is 47.8. The van der Waals surface area contributed by atoms with E-state index >= 15 is 0 Å². The molecule has 283 valence electrons. The van der Waals surface area contributed by atoms with Crippen molar-refractivity contribution < 1.29 is 52.4 Å². The average molecular weight is 806 g/mol. The van der Waals surface area contributed by atoms with Crippen molar-refractivity contribution in [2.24, 2.45) is 5.41 Å². The van der Waals surface area contributed by atoms with Gasteiger partial charge in [0, 0.05) is 64.8 Å². The van der Waals surface area contributed by atoms with Gasteiger partial charge in [-0.05, 0) is 91.9 Å². The van der Waals surface area contributed by atoms with E-state index in [1.54, 1.807) is 0 Å². The second-order valence-corrected chi connectivity index (χ2v) is 23.9. The van der Waals surface area contributed by atoms with E-state index in [1.807, 2.05) is 37.4 Å². The number of hydrogen-bond acceptors (Lipinski definition) is 6. The molecule has 50 heavy (non-hydrogen) atoms. The second kappa shape index (κ2) is 17.1. The van der Waals surface area contributed by atoms with Gasteiger partial charge in [0.25, 0.3) is 0 Å². The molecule has 2 aromatic carbocycles. The minimum atomic E-state index is -0.355. The van der Waals surface area contributed by atoms with Gasteiger partial charge in [0.05, 0.1) is 16.8 Å². The number of phenols is 2. The van der Waals surface area contributed by atoms with Crippen LogP contribution in [0.15, 0.2) is 34.1 Å². The van der Waals surface area contributed by atoms with E-state index in [9.17, 15) is 10.2 Å². The SMILES string of the molecule is CC(C)(C)CCC[C@H]1COC(C)(C)O1.CC(C)(Sc1cc(C(C)(C)C)c(O)c(C(C)(C)C)c1)Sc1cc(C(C)(C)C)c(O)c(C(C)(C)C)c1.[Y]. The summed E-state index contributed by atoms with van der Waals surface area (Å²) in [5, 5.41) is 22.2. The van der Waals surface area contributed by atoms with Crippen LogP contribution >= 0.6 is 23.5 Å². The molecule has 1 saturated heterocycles. The van der Waals surface area contributed by atoms with E-state index in [4.69, 9.17) is 9.47 Å². The second-order valence-electron chi connectivity index (χ2n) is 20.2. The van der Waals surface area contributed by atoms with Gasteiger partial charge in [0.1, 0.15) is 11.5 Å². The number of aromatic hydroxyl groups is 2. The van der Waals surface area contributed by atoms with Gasteiger partial charge in [0.2, 0.25) is 0 Å². The Morgan fingerprint density at radius 2 is 0.940 bits per heavy atom. The maximum absolute atomic E-state index is 11.1. The first-order valence-electron chi connectivity index (χ1n) is 18.2. The molecule has 0 unspecified atom stereocenters. The Morgan fingerprint density at radius 3 is 1.18 bits per heavy atom. The van der Waals surface area contributed by atoms with Crippen molar-refractivity contribution in [3.05, 3.63) is 46.5 Å². The van der Waals surface area contributed by atoms with Gasteiger partial charge in [-0.1, -0.05) is 110 Å². The molecular formula is C43H72O4S2Y. The molecule has 0 saturated carbocycles. The molecule has 7 heteroatoms. The third kappa shape index (κ3) is 14.9. The van der Waals surface area contributed by atoms with Crippen LogP contribution in [0.25, 0.3) is 0 Å². The number of hydrogen-bond donors (Lipinski definition) is 2. The van der Waals surface area contributed by atoms with Crippen molar-refractivity contribution in [2.75, 3.05) is 6.61 Å². The Bertz CT molecular complexity index is 1260. The van der Waals surface area contributed by atoms with Crippen molar-refractivity contribution in [1.29, 1.82) is 0 Å². The van der Waals surface area contributed by atoms with Crippen LogP contribution in [0.1, 0.15) is 173 Å². The fourth-order valence-electron chi connectivity index (χ4n) is 5.97. The van der Waals surface area contributed by atoms with Gasteiger partial charge in [-0.3, -0.25) is 0 Å². The molecule has 1 fully saturated rings. The summed E-state index contributed by atoms with van der Waals surface area (Å²) in [5.41, 5.74) is 3.78. The maximum atomic E-state index is 11.1. The Morgan fingerprint density at radius 1 is 0.620 bits per heavy atom. The zero-order chi connectivity index (χ0) is 38.2. The van der Waals surface area contributed by atoms with Crippen LogP contribution in [-0.2, 0) is 63.8 Å². The molecule has 4 nitrogen and oxygen atoms in total. The molecule has 1 radical (unpaired) electrons. The van der Waals surface area contributed by atoms with Crippen molar-refractivity contribution in [3.63, 3.8) is 0 Å². The van der Waals surface area contributed by atoms with Crippen LogP contribution in [0.3, 0.4) is 0 Å². The summed E-state index contributed by atoms with van der Waals surface area (Å²) in [6.45, 7) is 41.9. The fourth-order valence-corrected chi connectivity index (χ4v) is 8.56. The monoisotopic (exact) mass is 805 g/mol. The molecule has 3 rings (SSSR count). The van der Waals surface area contributed by atoms with Crippen LogP contribution in [0.2, 0.25) is 0 Å². The van der Waals surface area contributed by atoms with Crippen molar-refractivity contribution in [3.8, 4) is 11.5 Å². The number of thioether (sulfide) groups is 2. The van der Waals surface area contributed by atoms with Gasteiger partial charge >= 0.3 is 0 Å². The Labute approximate surface area is 341 Å². The Balaban J connectivity index is 0.000000697. The van der Waals surface area contributed by atoms with Crippen LogP contribution in [-0.4, -0.2) is 32.8 Å². The summed E-state index contributed by atoms with van der Waals surface area (Å²) in [6, 6.07) is 8.65. The topological polar surface area (TPSA) is 58.9 Å². The summed E-state index contributed by atoms with van der Waals surface area (Å²) in [4.78, 5) is 2.34. The number of rotatable bonds is 7. The predicted octanol–water partition coefficient (Wildman–Crippen LogP) is 13.3. The molecule has 1 aliphatic rings. The normalized spacial score (nSPS) is 17.2. The molecule has 0 spiro atoms. The molecule has 0 amide bonds. The molecule has 1 aliphatic heterocycles. The van der Waals surface area contributed by atoms with Crippen molar-refractivity contribution in [1.82, 2.24) is 0 Å². The van der Waals surface area contributed by atoms with E-state index < -0.39 is 0 Å². The zero-order valence-electron chi connectivity index (χ0n) is 35.3. The van der Waals surface area contributed by atoms with E-state index in [0.29, 0.717) is 23.0 Å². The van der Waals surface area contributed by atoms with Gasteiger partial charge < -0.3 is 19.7 Å². The largest absolute Gasteiger partial charge is 0.507 e. The van der Waals surface area contributed by atoms with E-state index in [1.165, 1.54) is 22.6 Å². The smallest absolute Gasteiger partial charge is 0.163 e. The molecule has 1 heterocycles. The van der Waals surface area contributed by atoms with Crippen LogP contribution < -0.4 is 0 Å². The zero-order valence-corrected chi connectivity index (χ0v) is 39.8. The van der Waals surface area contributed by atoms with E-state index in [-0.39, 0.29) is 64.2 Å². The summed E-state index contributed by atoms with van der Waals surface area (Å²) in [6.07, 6.45) is 3.93. The molecule has 2 N–H and O–H groups in total. The van der Waals surface area contributed by atoms with Crippen LogP contribution in [0.4, 0.5) is 0 Å². The van der Waals surface area contributed by atoms with Gasteiger partial charge in [-0.2, -0.15) is 0 Å². The minimum absolute atomic E-state index is 0. The molecule has 0 bridgehead atoms. The number of benzene rings is 2. The third-order valence-electron chi connectivity index (χ3n) is 8.65. The van der Waals surface area contributed by atoms with Crippen molar-refractivity contribution >= 4 is 23.5 Å². The molecule has 1 atom stereocenters. The summed E-state index contributed by atoms with van der Waals surface area (Å²) >= 11 is 3.66.